The quantitative estimate of drug-likeness (QED) is 0.623. The van der Waals surface area contributed by atoms with Crippen molar-refractivity contribution in [1.29, 1.82) is 0 Å². The van der Waals surface area contributed by atoms with Gasteiger partial charge in [-0.2, -0.15) is 4.39 Å². The van der Waals surface area contributed by atoms with Crippen LogP contribution in [-0.4, -0.2) is 11.7 Å². The Morgan fingerprint density at radius 1 is 1.00 bits per heavy atom. The maximum absolute atomic E-state index is 14.0. The molecule has 2 nitrogen and oxygen atoms in total. The Balaban J connectivity index is 1.63. The largest absolute Gasteiger partial charge is 0.491 e. The molecule has 2 aliphatic carbocycles. The zero-order chi connectivity index (χ0) is 19.4. The van der Waals surface area contributed by atoms with Crippen LogP contribution in [0, 0.1) is 29.4 Å². The van der Waals surface area contributed by atoms with Crippen molar-refractivity contribution in [3.63, 3.8) is 0 Å². The maximum Gasteiger partial charge on any atom is 0.200 e. The van der Waals surface area contributed by atoms with E-state index in [1.807, 2.05) is 0 Å². The Kier molecular flexibility index (Phi) is 6.78. The van der Waals surface area contributed by atoms with Crippen molar-refractivity contribution >= 4 is 0 Å². The first-order chi connectivity index (χ1) is 13.0. The summed E-state index contributed by atoms with van der Waals surface area (Å²) in [5.41, 5.74) is -0.619. The van der Waals surface area contributed by atoms with Crippen molar-refractivity contribution in [2.45, 2.75) is 83.7 Å². The molecule has 0 saturated heterocycles. The molecule has 0 aromatic heterocycles. The molecule has 0 spiro atoms. The third-order valence-electron chi connectivity index (χ3n) is 6.94. The van der Waals surface area contributed by atoms with Crippen molar-refractivity contribution in [3.8, 4) is 5.75 Å². The van der Waals surface area contributed by atoms with E-state index in [9.17, 15) is 13.9 Å². The van der Waals surface area contributed by atoms with Crippen LogP contribution in [0.4, 0.5) is 8.78 Å². The summed E-state index contributed by atoms with van der Waals surface area (Å²) in [5.74, 6) is 0.321. The van der Waals surface area contributed by atoms with Crippen LogP contribution < -0.4 is 4.74 Å². The number of hydrogen-bond acceptors (Lipinski definition) is 2. The van der Waals surface area contributed by atoms with E-state index in [0.29, 0.717) is 24.3 Å². The summed E-state index contributed by atoms with van der Waals surface area (Å²) in [6, 6.07) is 2.63. The van der Waals surface area contributed by atoms with Gasteiger partial charge >= 0.3 is 0 Å². The SMILES string of the molecule is CCC[C@H]1CC[C@H](C2CCC(O)(c3cc(F)c(F)c(OCC)c3)CC2)CC1. The zero-order valence-electron chi connectivity index (χ0n) is 16.8. The fourth-order valence-corrected chi connectivity index (χ4v) is 5.33. The van der Waals surface area contributed by atoms with Gasteiger partial charge in [0.15, 0.2) is 11.6 Å². The minimum atomic E-state index is -1.07. The summed E-state index contributed by atoms with van der Waals surface area (Å²) < 4.78 is 33.1. The van der Waals surface area contributed by atoms with Crippen molar-refractivity contribution < 1.29 is 18.6 Å². The van der Waals surface area contributed by atoms with Crippen LogP contribution in [0.3, 0.4) is 0 Å². The summed E-state index contributed by atoms with van der Waals surface area (Å²) in [6.45, 7) is 4.27. The van der Waals surface area contributed by atoms with Gasteiger partial charge in [0.05, 0.1) is 12.2 Å². The lowest BCUT2D eigenvalue weighted by molar-refractivity contribution is -0.0265. The van der Waals surface area contributed by atoms with Crippen molar-refractivity contribution in [3.05, 3.63) is 29.3 Å². The minimum absolute atomic E-state index is 0.0997. The second-order valence-electron chi connectivity index (χ2n) is 8.64. The van der Waals surface area contributed by atoms with Gasteiger partial charge in [-0.15, -0.1) is 0 Å². The highest BCUT2D eigenvalue weighted by Gasteiger charge is 2.39. The number of ether oxygens (including phenoxy) is 1. The third-order valence-corrected chi connectivity index (χ3v) is 6.94. The fourth-order valence-electron chi connectivity index (χ4n) is 5.33. The normalized spacial score (nSPS) is 31.7. The second-order valence-corrected chi connectivity index (χ2v) is 8.64. The van der Waals surface area contributed by atoms with Crippen LogP contribution in [0.25, 0.3) is 0 Å². The topological polar surface area (TPSA) is 29.5 Å². The predicted molar refractivity (Wildman–Crippen MR) is 104 cm³/mol. The average molecular weight is 381 g/mol. The first-order valence-corrected chi connectivity index (χ1v) is 10.8. The number of halogens is 2. The van der Waals surface area contributed by atoms with Gasteiger partial charge in [-0.3, -0.25) is 0 Å². The molecule has 0 unspecified atom stereocenters. The molecule has 1 aromatic rings. The lowest BCUT2D eigenvalue weighted by Crippen LogP contribution is -2.35. The maximum atomic E-state index is 14.0. The standard InChI is InChI=1S/C23H34F2O2/c1-3-5-16-6-8-17(9-7-16)18-10-12-23(26,13-11-18)19-14-20(24)22(25)21(15-19)27-4-2/h14-18,26H,3-13H2,1-2H3/t16-,17-,18?,23?. The van der Waals surface area contributed by atoms with E-state index in [2.05, 4.69) is 6.92 Å². The molecule has 0 heterocycles. The molecule has 0 atom stereocenters. The van der Waals surface area contributed by atoms with Crippen LogP contribution in [0.5, 0.6) is 5.75 Å². The average Bonchev–Trinajstić information content (AvgIpc) is 2.67. The van der Waals surface area contributed by atoms with Gasteiger partial charge in [0.25, 0.3) is 0 Å². The highest BCUT2D eigenvalue weighted by Crippen LogP contribution is 2.46. The Morgan fingerprint density at radius 3 is 2.22 bits per heavy atom. The molecular weight excluding hydrogens is 346 g/mol. The van der Waals surface area contributed by atoms with Crippen LogP contribution in [0.1, 0.15) is 83.6 Å². The molecule has 152 valence electrons. The minimum Gasteiger partial charge on any atom is -0.491 e. The van der Waals surface area contributed by atoms with E-state index < -0.39 is 17.2 Å². The number of hydrogen-bond donors (Lipinski definition) is 1. The first kappa shape index (κ1) is 20.6. The number of aliphatic hydroxyl groups is 1. The smallest absolute Gasteiger partial charge is 0.200 e. The van der Waals surface area contributed by atoms with E-state index >= 15 is 0 Å². The molecular formula is C23H34F2O2. The predicted octanol–water partition coefficient (Wildman–Crippen LogP) is 6.35. The Labute approximate surface area is 162 Å². The summed E-state index contributed by atoms with van der Waals surface area (Å²) in [5, 5.41) is 11.1. The Morgan fingerprint density at radius 2 is 1.63 bits per heavy atom. The zero-order valence-corrected chi connectivity index (χ0v) is 16.8. The molecule has 2 fully saturated rings. The molecule has 3 rings (SSSR count). The van der Waals surface area contributed by atoms with E-state index in [1.165, 1.54) is 44.6 Å². The molecule has 27 heavy (non-hydrogen) atoms. The van der Waals surface area contributed by atoms with Crippen LogP contribution in [0.15, 0.2) is 12.1 Å². The summed E-state index contributed by atoms with van der Waals surface area (Å²) >= 11 is 0. The van der Waals surface area contributed by atoms with Gasteiger partial charge in [-0.1, -0.05) is 32.6 Å². The molecule has 0 radical (unpaired) electrons. The molecule has 2 saturated carbocycles. The molecule has 0 amide bonds. The van der Waals surface area contributed by atoms with E-state index in [1.54, 1.807) is 6.92 Å². The summed E-state index contributed by atoms with van der Waals surface area (Å²) in [6.07, 6.45) is 11.1. The van der Waals surface area contributed by atoms with Gasteiger partial charge in [-0.25, -0.2) is 4.39 Å². The Bertz CT molecular complexity index is 615. The first-order valence-electron chi connectivity index (χ1n) is 10.8. The molecule has 1 aromatic carbocycles. The van der Waals surface area contributed by atoms with Crippen molar-refractivity contribution in [1.82, 2.24) is 0 Å². The number of benzene rings is 1. The lowest BCUT2D eigenvalue weighted by Gasteiger charge is -2.41. The monoisotopic (exact) mass is 380 g/mol. The van der Waals surface area contributed by atoms with Crippen LogP contribution >= 0.6 is 0 Å². The molecule has 4 heteroatoms. The van der Waals surface area contributed by atoms with E-state index in [0.717, 1.165) is 30.7 Å². The molecule has 1 N–H and O–H groups in total. The van der Waals surface area contributed by atoms with Gasteiger partial charge in [0.2, 0.25) is 5.82 Å². The van der Waals surface area contributed by atoms with Gasteiger partial charge < -0.3 is 9.84 Å². The summed E-state index contributed by atoms with van der Waals surface area (Å²) in [7, 11) is 0. The summed E-state index contributed by atoms with van der Waals surface area (Å²) in [4.78, 5) is 0. The highest BCUT2D eigenvalue weighted by atomic mass is 19.2. The van der Waals surface area contributed by atoms with Gasteiger partial charge in [-0.05, 0) is 80.9 Å². The third kappa shape index (κ3) is 4.64. The van der Waals surface area contributed by atoms with Crippen LogP contribution in [-0.2, 0) is 5.60 Å². The highest BCUT2D eigenvalue weighted by molar-refractivity contribution is 5.35. The van der Waals surface area contributed by atoms with Gasteiger partial charge in [0.1, 0.15) is 0 Å². The van der Waals surface area contributed by atoms with Crippen molar-refractivity contribution in [2.24, 2.45) is 17.8 Å². The van der Waals surface area contributed by atoms with E-state index in [4.69, 9.17) is 4.74 Å². The lowest BCUT2D eigenvalue weighted by atomic mass is 9.66. The fraction of sp³-hybridized carbons (Fsp3) is 0.739. The van der Waals surface area contributed by atoms with Crippen molar-refractivity contribution in [2.75, 3.05) is 6.61 Å². The molecule has 0 bridgehead atoms. The number of rotatable bonds is 6. The van der Waals surface area contributed by atoms with Gasteiger partial charge in [0, 0.05) is 0 Å². The molecule has 2 aliphatic rings. The Hall–Kier alpha value is -1.16. The molecule has 0 aliphatic heterocycles. The van der Waals surface area contributed by atoms with Crippen LogP contribution in [0.2, 0.25) is 0 Å². The van der Waals surface area contributed by atoms with E-state index in [-0.39, 0.29) is 12.4 Å². The second kappa shape index (κ2) is 8.89.